The van der Waals surface area contributed by atoms with Crippen LogP contribution < -0.4 is 26.7 Å². The smallest absolute Gasteiger partial charge is 0.302 e. The molecule has 6 aromatic rings. The molecule has 0 radical (unpaired) electrons. The van der Waals surface area contributed by atoms with Gasteiger partial charge in [-0.05, 0) is 74.1 Å². The third-order valence-electron chi connectivity index (χ3n) is 9.90. The number of esters is 1. The Labute approximate surface area is 344 Å². The zero-order valence-electron chi connectivity index (χ0n) is 33.7. The van der Waals surface area contributed by atoms with Crippen LogP contribution in [0.25, 0.3) is 11.3 Å². The highest BCUT2D eigenvalue weighted by Gasteiger charge is 2.37. The van der Waals surface area contributed by atoms with Crippen molar-refractivity contribution in [3.8, 4) is 11.3 Å². The molecule has 0 aromatic carbocycles. The van der Waals surface area contributed by atoms with Crippen LogP contribution in [0.1, 0.15) is 59.7 Å². The first-order valence-electron chi connectivity index (χ1n) is 18.8. The number of fused-ring (bicyclic) bond motifs is 3. The lowest BCUT2D eigenvalue weighted by Gasteiger charge is -2.31. The molecule has 0 saturated heterocycles. The Morgan fingerprint density at radius 1 is 0.864 bits per heavy atom. The van der Waals surface area contributed by atoms with Crippen LogP contribution in [-0.4, -0.2) is 62.3 Å². The minimum atomic E-state index is -0.469. The van der Waals surface area contributed by atoms with E-state index in [-0.39, 0.29) is 34.7 Å². The van der Waals surface area contributed by atoms with E-state index in [1.54, 1.807) is 88.0 Å². The number of ether oxygens (including phenoxy) is 1. The number of pyridine rings is 2. The number of anilines is 5. The normalized spacial score (nSPS) is 13.9. The lowest BCUT2D eigenvalue weighted by atomic mass is 9.90. The second kappa shape index (κ2) is 16.2. The number of carbonyl (C=O) groups excluding carboxylic acids is 2. The second-order valence-electron chi connectivity index (χ2n) is 15.2. The van der Waals surface area contributed by atoms with Gasteiger partial charge in [-0.15, -0.1) is 0 Å². The summed E-state index contributed by atoms with van der Waals surface area (Å²) in [5.74, 6) is 1.99. The Morgan fingerprint density at radius 2 is 1.51 bits per heavy atom. The summed E-state index contributed by atoms with van der Waals surface area (Å²) in [6.07, 6.45) is 8.25. The topological polar surface area (TPSA) is 197 Å². The minimum absolute atomic E-state index is 0.123. The van der Waals surface area contributed by atoms with Gasteiger partial charge in [-0.3, -0.25) is 24.1 Å². The monoisotopic (exact) mass is 818 g/mol. The first-order chi connectivity index (χ1) is 28.1. The molecular weight excluding hydrogens is 776 g/mol. The van der Waals surface area contributed by atoms with E-state index in [4.69, 9.17) is 16.3 Å². The Balaban J connectivity index is 0.000000259. The van der Waals surface area contributed by atoms with Crippen LogP contribution in [0.5, 0.6) is 0 Å². The van der Waals surface area contributed by atoms with E-state index in [1.165, 1.54) is 27.4 Å². The lowest BCUT2D eigenvalue weighted by Crippen LogP contribution is -2.41. The number of halogens is 1. The van der Waals surface area contributed by atoms with Crippen LogP contribution in [0.2, 0.25) is 5.02 Å². The number of carbonyl (C=O) groups is 2. The van der Waals surface area contributed by atoms with Crippen LogP contribution in [-0.2, 0) is 49.6 Å². The number of aromatic nitrogens is 9. The maximum absolute atomic E-state index is 13.9. The molecule has 2 aliphatic rings. The summed E-state index contributed by atoms with van der Waals surface area (Å²) in [7, 11) is 3.20. The minimum Gasteiger partial charge on any atom is -0.461 e. The third kappa shape index (κ3) is 8.74. The van der Waals surface area contributed by atoms with Crippen molar-refractivity contribution in [2.75, 3.05) is 22.1 Å². The van der Waals surface area contributed by atoms with Gasteiger partial charge in [0.1, 0.15) is 52.8 Å². The molecule has 2 N–H and O–H groups in total. The number of hydrogen-bond donors (Lipinski definition) is 2. The van der Waals surface area contributed by atoms with Gasteiger partial charge < -0.3 is 24.5 Å². The standard InChI is InChI=1S/C30H32N8O4.C11H11ClN4O/c1-17-31-9-7-26(33-17)34-23-13-22(35-36(5)28(23)40)20-6-8-32-27(21(20)16-42-18(2)39)38-11-10-37-24(29(38)41)12-19-14-30(3,4)15-25(19)37;1-7-13-4-3-10(14-7)15-9-5-8(12)6-16(2)11(9)17/h6-9,12-13H,10-11,14-16H2,1-5H3,(H,31,33,34);3-6H,1-2H3,(H,13,14,15). The van der Waals surface area contributed by atoms with Crippen molar-refractivity contribution < 1.29 is 14.3 Å². The molecule has 1 aliphatic carbocycles. The Bertz CT molecular complexity index is 2740. The molecule has 7 heterocycles. The van der Waals surface area contributed by atoms with E-state index in [2.05, 4.69) is 59.1 Å². The number of hydrogen-bond acceptors (Lipinski definition) is 13. The number of aryl methyl sites for hydroxylation is 4. The summed E-state index contributed by atoms with van der Waals surface area (Å²) in [4.78, 5) is 73.3. The predicted octanol–water partition coefficient (Wildman–Crippen LogP) is 5.21. The number of rotatable bonds is 8. The summed E-state index contributed by atoms with van der Waals surface area (Å²) in [5, 5.41) is 11.0. The molecule has 304 valence electrons. The molecule has 59 heavy (non-hydrogen) atoms. The Hall–Kier alpha value is -6.75. The van der Waals surface area contributed by atoms with Crippen molar-refractivity contribution in [1.82, 2.24) is 43.8 Å². The fourth-order valence-corrected chi connectivity index (χ4v) is 7.56. The van der Waals surface area contributed by atoms with Gasteiger partial charge in [0.05, 0.1) is 10.7 Å². The highest BCUT2D eigenvalue weighted by molar-refractivity contribution is 6.30. The quantitative estimate of drug-likeness (QED) is 0.190. The highest BCUT2D eigenvalue weighted by atomic mass is 35.5. The van der Waals surface area contributed by atoms with Crippen molar-refractivity contribution in [2.24, 2.45) is 19.5 Å². The van der Waals surface area contributed by atoms with Gasteiger partial charge in [0.15, 0.2) is 0 Å². The molecule has 17 nitrogen and oxygen atoms in total. The van der Waals surface area contributed by atoms with Crippen LogP contribution >= 0.6 is 11.6 Å². The summed E-state index contributed by atoms with van der Waals surface area (Å²) < 4.78 is 10.2. The van der Waals surface area contributed by atoms with Gasteiger partial charge in [0, 0.05) is 75.7 Å². The molecule has 0 unspecified atom stereocenters. The molecule has 0 bridgehead atoms. The van der Waals surface area contributed by atoms with Gasteiger partial charge in [-0.1, -0.05) is 25.4 Å². The maximum Gasteiger partial charge on any atom is 0.302 e. The molecule has 8 rings (SSSR count). The maximum atomic E-state index is 13.9. The van der Waals surface area contributed by atoms with Gasteiger partial charge >= 0.3 is 5.97 Å². The molecule has 1 aliphatic heterocycles. The predicted molar refractivity (Wildman–Crippen MR) is 222 cm³/mol. The number of nitrogens with one attached hydrogen (secondary N) is 2. The van der Waals surface area contributed by atoms with Crippen LogP contribution in [0.15, 0.2) is 70.8 Å². The van der Waals surface area contributed by atoms with Crippen molar-refractivity contribution in [3.05, 3.63) is 121 Å². The summed E-state index contributed by atoms with van der Waals surface area (Å²) in [5.41, 5.74) is 4.94. The number of amides is 1. The van der Waals surface area contributed by atoms with E-state index in [1.807, 2.05) is 6.07 Å². The van der Waals surface area contributed by atoms with Gasteiger partial charge in [0.2, 0.25) is 0 Å². The van der Waals surface area contributed by atoms with Crippen LogP contribution in [0.3, 0.4) is 0 Å². The SMILES string of the molecule is CC(=O)OCc1c(-c2cc(Nc3ccnc(C)n3)c(=O)n(C)n2)ccnc1N1CCn2c(cc3c2CC(C)(C)C3)C1=O.Cc1nccc(Nc2cc(Cl)cn(C)c2=O)n1. The molecule has 1 amide bonds. The van der Waals surface area contributed by atoms with Crippen LogP contribution in [0.4, 0.5) is 28.8 Å². The summed E-state index contributed by atoms with van der Waals surface area (Å²) in [6, 6.07) is 10.3. The third-order valence-corrected chi connectivity index (χ3v) is 10.1. The van der Waals surface area contributed by atoms with E-state index in [0.29, 0.717) is 75.4 Å². The van der Waals surface area contributed by atoms with Crippen molar-refractivity contribution >= 4 is 52.3 Å². The zero-order chi connectivity index (χ0) is 42.2. The van der Waals surface area contributed by atoms with Crippen molar-refractivity contribution in [1.29, 1.82) is 0 Å². The fourth-order valence-electron chi connectivity index (χ4n) is 7.30. The largest absolute Gasteiger partial charge is 0.461 e. The molecule has 6 aromatic heterocycles. The average Bonchev–Trinajstić information content (AvgIpc) is 3.67. The molecule has 0 saturated carbocycles. The average molecular weight is 819 g/mol. The fraction of sp³-hybridized carbons (Fsp3) is 0.317. The molecule has 0 fully saturated rings. The highest BCUT2D eigenvalue weighted by Crippen LogP contribution is 2.40. The van der Waals surface area contributed by atoms with E-state index < -0.39 is 5.97 Å². The number of nitrogens with zero attached hydrogens (tertiary/aromatic N) is 10. The van der Waals surface area contributed by atoms with Crippen molar-refractivity contribution in [2.45, 2.75) is 60.6 Å². The van der Waals surface area contributed by atoms with E-state index in [9.17, 15) is 19.2 Å². The Kier molecular flexibility index (Phi) is 11.1. The Morgan fingerprint density at radius 3 is 2.15 bits per heavy atom. The zero-order valence-corrected chi connectivity index (χ0v) is 34.5. The van der Waals surface area contributed by atoms with Gasteiger partial charge in [-0.25, -0.2) is 29.6 Å². The first kappa shape index (κ1) is 40.4. The molecule has 0 atom stereocenters. The molecular formula is C41H43ClN12O5. The summed E-state index contributed by atoms with van der Waals surface area (Å²) >= 11 is 5.89. The van der Waals surface area contributed by atoms with E-state index in [0.717, 1.165) is 12.8 Å². The second-order valence-corrected chi connectivity index (χ2v) is 15.6. The van der Waals surface area contributed by atoms with E-state index >= 15 is 0 Å². The summed E-state index contributed by atoms with van der Waals surface area (Å²) in [6.45, 7) is 10.3. The lowest BCUT2D eigenvalue weighted by molar-refractivity contribution is -0.142. The molecule has 0 spiro atoms. The molecule has 18 heteroatoms. The first-order valence-corrected chi connectivity index (χ1v) is 19.2. The van der Waals surface area contributed by atoms with Crippen molar-refractivity contribution in [3.63, 3.8) is 0 Å². The van der Waals surface area contributed by atoms with Gasteiger partial charge in [0.25, 0.3) is 17.0 Å². The van der Waals surface area contributed by atoms with Gasteiger partial charge in [-0.2, -0.15) is 5.10 Å². The van der Waals surface area contributed by atoms with Crippen LogP contribution in [0, 0.1) is 19.3 Å².